The van der Waals surface area contributed by atoms with Gasteiger partial charge in [-0.3, -0.25) is 9.59 Å². The molecule has 1 unspecified atom stereocenters. The van der Waals surface area contributed by atoms with Crippen LogP contribution in [-0.4, -0.2) is 48.2 Å². The van der Waals surface area contributed by atoms with Crippen LogP contribution in [0.3, 0.4) is 0 Å². The number of aliphatic hydroxyl groups excluding tert-OH is 1. The lowest BCUT2D eigenvalue weighted by Crippen LogP contribution is -2.52. The van der Waals surface area contributed by atoms with E-state index in [0.29, 0.717) is 35.9 Å². The van der Waals surface area contributed by atoms with Gasteiger partial charge < -0.3 is 25.8 Å². The SMILES string of the molecule is CC(C)(c1cccc(Cl)c1)C(OC(=O)N[C@@H](CC1CCCCC1)C(=O)N[C@H](CO)C[C@@H]1CCNC1=O)c1ccc(Cl)cc1. The molecule has 0 spiro atoms. The molecule has 10 heteroatoms. The van der Waals surface area contributed by atoms with E-state index in [1.54, 1.807) is 18.2 Å². The molecule has 8 nitrogen and oxygen atoms in total. The molecule has 0 aromatic heterocycles. The second-order valence-corrected chi connectivity index (χ2v) is 13.3. The zero-order chi connectivity index (χ0) is 31.0. The summed E-state index contributed by atoms with van der Waals surface area (Å²) in [6, 6.07) is 13.1. The molecule has 1 heterocycles. The van der Waals surface area contributed by atoms with Gasteiger partial charge in [0.15, 0.2) is 0 Å². The third-order valence-corrected chi connectivity index (χ3v) is 9.31. The molecule has 0 radical (unpaired) electrons. The van der Waals surface area contributed by atoms with Crippen molar-refractivity contribution in [1.82, 2.24) is 16.0 Å². The number of halogens is 2. The van der Waals surface area contributed by atoms with Crippen LogP contribution in [0, 0.1) is 11.8 Å². The molecule has 0 bridgehead atoms. The molecular formula is C33H43Cl2N3O5. The van der Waals surface area contributed by atoms with Crippen molar-refractivity contribution in [3.63, 3.8) is 0 Å². The summed E-state index contributed by atoms with van der Waals surface area (Å²) in [4.78, 5) is 39.3. The second-order valence-electron chi connectivity index (χ2n) is 12.4. The van der Waals surface area contributed by atoms with E-state index in [2.05, 4.69) is 16.0 Å². The standard InChI is InChI=1S/C33H43Cl2N3O5/c1-33(2,24-9-6-10-26(35)19-24)29(22-11-13-25(34)14-12-22)43-32(42)38-28(17-21-7-4-3-5-8-21)31(41)37-27(20-39)18-23-15-16-36-30(23)40/h6,9-14,19,21,23,27-29,39H,3-5,7-8,15-18,20H2,1-2H3,(H,36,40)(H,37,41)(H,38,42)/t23-,27-,28-,29?/m0/s1. The van der Waals surface area contributed by atoms with Gasteiger partial charge in [0, 0.05) is 27.9 Å². The number of rotatable bonds is 12. The number of hydrogen-bond donors (Lipinski definition) is 4. The van der Waals surface area contributed by atoms with Gasteiger partial charge in [0.05, 0.1) is 12.6 Å². The monoisotopic (exact) mass is 631 g/mol. The summed E-state index contributed by atoms with van der Waals surface area (Å²) in [5, 5.41) is 19.7. The first-order valence-corrected chi connectivity index (χ1v) is 16.0. The minimum absolute atomic E-state index is 0.0660. The highest BCUT2D eigenvalue weighted by Gasteiger charge is 2.37. The molecule has 3 amide bonds. The Hall–Kier alpha value is -2.81. The average molecular weight is 633 g/mol. The first kappa shape index (κ1) is 33.1. The molecule has 2 fully saturated rings. The van der Waals surface area contributed by atoms with Crippen LogP contribution >= 0.6 is 23.2 Å². The van der Waals surface area contributed by atoms with Crippen LogP contribution in [0.2, 0.25) is 10.0 Å². The van der Waals surface area contributed by atoms with Crippen LogP contribution in [0.15, 0.2) is 48.5 Å². The maximum absolute atomic E-state index is 13.6. The number of carbonyl (C=O) groups excluding carboxylic acids is 3. The maximum atomic E-state index is 13.6. The lowest BCUT2D eigenvalue weighted by Gasteiger charge is -2.35. The van der Waals surface area contributed by atoms with Crippen LogP contribution in [0.25, 0.3) is 0 Å². The van der Waals surface area contributed by atoms with Crippen molar-refractivity contribution in [1.29, 1.82) is 0 Å². The van der Waals surface area contributed by atoms with E-state index < -0.39 is 35.6 Å². The summed E-state index contributed by atoms with van der Waals surface area (Å²) < 4.78 is 6.14. The summed E-state index contributed by atoms with van der Waals surface area (Å²) in [5.74, 6) is -0.435. The van der Waals surface area contributed by atoms with Crippen molar-refractivity contribution in [2.45, 2.75) is 88.8 Å². The Kier molecular flexibility index (Phi) is 11.7. The highest BCUT2D eigenvalue weighted by Crippen LogP contribution is 2.41. The summed E-state index contributed by atoms with van der Waals surface area (Å²) in [6.07, 6.45) is 5.33. The fraction of sp³-hybridized carbons (Fsp3) is 0.545. The Bertz CT molecular complexity index is 1250. The number of ether oxygens (including phenoxy) is 1. The van der Waals surface area contributed by atoms with Crippen LogP contribution in [0.5, 0.6) is 0 Å². The van der Waals surface area contributed by atoms with Gasteiger partial charge in [-0.25, -0.2) is 4.79 Å². The number of alkyl carbamates (subject to hydrolysis) is 1. The number of nitrogens with one attached hydrogen (secondary N) is 3. The highest BCUT2D eigenvalue weighted by atomic mass is 35.5. The summed E-state index contributed by atoms with van der Waals surface area (Å²) >= 11 is 12.5. The van der Waals surface area contributed by atoms with Gasteiger partial charge in [-0.05, 0) is 60.6 Å². The third-order valence-electron chi connectivity index (χ3n) is 8.82. The Morgan fingerprint density at radius 2 is 1.72 bits per heavy atom. The van der Waals surface area contributed by atoms with Crippen LogP contribution in [0.1, 0.15) is 82.4 Å². The van der Waals surface area contributed by atoms with Gasteiger partial charge in [0.2, 0.25) is 11.8 Å². The van der Waals surface area contributed by atoms with Crippen LogP contribution in [-0.2, 0) is 19.7 Å². The molecule has 4 atom stereocenters. The fourth-order valence-electron chi connectivity index (χ4n) is 6.28. The van der Waals surface area contributed by atoms with Crippen molar-refractivity contribution in [3.05, 3.63) is 69.7 Å². The van der Waals surface area contributed by atoms with Gasteiger partial charge >= 0.3 is 6.09 Å². The third kappa shape index (κ3) is 9.10. The molecule has 1 saturated heterocycles. The summed E-state index contributed by atoms with van der Waals surface area (Å²) in [5.41, 5.74) is 0.931. The van der Waals surface area contributed by atoms with Gasteiger partial charge in [-0.2, -0.15) is 0 Å². The van der Waals surface area contributed by atoms with Crippen molar-refractivity contribution in [2.75, 3.05) is 13.2 Å². The lowest BCUT2D eigenvalue weighted by molar-refractivity contribution is -0.126. The van der Waals surface area contributed by atoms with Crippen LogP contribution in [0.4, 0.5) is 4.79 Å². The van der Waals surface area contributed by atoms with Crippen LogP contribution < -0.4 is 16.0 Å². The van der Waals surface area contributed by atoms with Gasteiger partial charge in [0.1, 0.15) is 12.1 Å². The smallest absolute Gasteiger partial charge is 0.408 e. The zero-order valence-electron chi connectivity index (χ0n) is 24.9. The molecule has 1 aliphatic heterocycles. The number of aliphatic hydroxyl groups is 1. The topological polar surface area (TPSA) is 117 Å². The molecule has 2 aromatic rings. The van der Waals surface area contributed by atoms with E-state index in [9.17, 15) is 19.5 Å². The molecule has 4 N–H and O–H groups in total. The van der Waals surface area contributed by atoms with Crippen molar-refractivity contribution in [3.8, 4) is 0 Å². The maximum Gasteiger partial charge on any atom is 0.408 e. The molecule has 2 aliphatic rings. The van der Waals surface area contributed by atoms with E-state index in [1.807, 2.05) is 44.2 Å². The molecule has 1 aliphatic carbocycles. The zero-order valence-corrected chi connectivity index (χ0v) is 26.4. The average Bonchev–Trinajstić information content (AvgIpc) is 3.40. The predicted octanol–water partition coefficient (Wildman–Crippen LogP) is 6.08. The predicted molar refractivity (Wildman–Crippen MR) is 168 cm³/mol. The van der Waals surface area contributed by atoms with Crippen molar-refractivity contribution >= 4 is 41.1 Å². The summed E-state index contributed by atoms with van der Waals surface area (Å²) in [6.45, 7) is 4.24. The normalized spacial score (nSPS) is 19.7. The number of carbonyl (C=O) groups is 3. The fourth-order valence-corrected chi connectivity index (χ4v) is 6.59. The lowest BCUT2D eigenvalue weighted by atomic mass is 9.76. The Balaban J connectivity index is 1.53. The van der Waals surface area contributed by atoms with E-state index in [4.69, 9.17) is 27.9 Å². The largest absolute Gasteiger partial charge is 0.440 e. The minimum atomic E-state index is -0.859. The van der Waals surface area contributed by atoms with E-state index in [1.165, 1.54) is 6.42 Å². The second kappa shape index (κ2) is 15.3. The van der Waals surface area contributed by atoms with Gasteiger partial charge in [-0.1, -0.05) is 93.4 Å². The molecule has 234 valence electrons. The Labute approximate surface area is 264 Å². The first-order valence-electron chi connectivity index (χ1n) is 15.2. The van der Waals surface area contributed by atoms with Gasteiger partial charge in [-0.15, -0.1) is 0 Å². The molecule has 2 aromatic carbocycles. The highest BCUT2D eigenvalue weighted by molar-refractivity contribution is 6.30. The van der Waals surface area contributed by atoms with Crippen molar-refractivity contribution in [2.24, 2.45) is 11.8 Å². The number of benzene rings is 2. The summed E-state index contributed by atoms with van der Waals surface area (Å²) in [7, 11) is 0. The van der Waals surface area contributed by atoms with E-state index in [0.717, 1.165) is 36.8 Å². The van der Waals surface area contributed by atoms with E-state index in [-0.39, 0.29) is 24.3 Å². The molecular weight excluding hydrogens is 589 g/mol. The quantitative estimate of drug-likeness (QED) is 0.226. The van der Waals surface area contributed by atoms with E-state index >= 15 is 0 Å². The van der Waals surface area contributed by atoms with Gasteiger partial charge in [0.25, 0.3) is 0 Å². The number of hydrogen-bond acceptors (Lipinski definition) is 5. The molecule has 43 heavy (non-hydrogen) atoms. The molecule has 4 rings (SSSR count). The minimum Gasteiger partial charge on any atom is -0.440 e. The Morgan fingerprint density at radius 3 is 2.35 bits per heavy atom. The number of amides is 3. The molecule has 1 saturated carbocycles. The first-order chi connectivity index (χ1) is 20.6. The Morgan fingerprint density at radius 1 is 1.00 bits per heavy atom. The van der Waals surface area contributed by atoms with Crippen molar-refractivity contribution < 1.29 is 24.2 Å².